The molecule has 0 saturated heterocycles. The van der Waals surface area contributed by atoms with Crippen LogP contribution < -0.4 is 10.6 Å². The average molecular weight is 376 g/mol. The molecule has 6 heteroatoms. The molecule has 3 rings (SSSR count). The molecule has 0 aliphatic rings. The Morgan fingerprint density at radius 3 is 2.36 bits per heavy atom. The van der Waals surface area contributed by atoms with Crippen LogP contribution in [-0.4, -0.2) is 21.6 Å². The van der Waals surface area contributed by atoms with Crippen molar-refractivity contribution in [2.24, 2.45) is 0 Å². The highest BCUT2D eigenvalue weighted by atomic mass is 16.2. The summed E-state index contributed by atoms with van der Waals surface area (Å²) in [5.41, 5.74) is 2.40. The van der Waals surface area contributed by atoms with Crippen LogP contribution in [0.2, 0.25) is 0 Å². The second-order valence-corrected chi connectivity index (χ2v) is 6.80. The molecule has 2 N–H and O–H groups in total. The molecule has 144 valence electrons. The van der Waals surface area contributed by atoms with Gasteiger partial charge in [0.05, 0.1) is 0 Å². The first kappa shape index (κ1) is 19.4. The van der Waals surface area contributed by atoms with Gasteiger partial charge in [-0.25, -0.2) is 0 Å². The number of nitrogens with zero attached hydrogens (tertiary/aromatic N) is 2. The van der Waals surface area contributed by atoms with Crippen molar-refractivity contribution >= 4 is 23.2 Å². The van der Waals surface area contributed by atoms with Crippen LogP contribution in [0.5, 0.6) is 0 Å². The molecule has 0 bridgehead atoms. The minimum absolute atomic E-state index is 0.0651. The first-order chi connectivity index (χ1) is 13.5. The maximum atomic E-state index is 12.4. The molecule has 0 aliphatic heterocycles. The van der Waals surface area contributed by atoms with Gasteiger partial charge in [0.2, 0.25) is 11.8 Å². The van der Waals surface area contributed by atoms with Gasteiger partial charge in [0.15, 0.2) is 0 Å². The molecule has 1 heterocycles. The Morgan fingerprint density at radius 2 is 1.68 bits per heavy atom. The van der Waals surface area contributed by atoms with Crippen molar-refractivity contribution in [2.75, 3.05) is 10.6 Å². The van der Waals surface area contributed by atoms with E-state index in [-0.39, 0.29) is 17.7 Å². The summed E-state index contributed by atoms with van der Waals surface area (Å²) in [6.45, 7) is 3.81. The van der Waals surface area contributed by atoms with Crippen LogP contribution in [0.1, 0.15) is 37.8 Å². The fraction of sp³-hybridized carbons (Fsp3) is 0.227. The topological polar surface area (TPSA) is 76.0 Å². The molecule has 2 unspecified atom stereocenters. The maximum absolute atomic E-state index is 12.4. The van der Waals surface area contributed by atoms with Gasteiger partial charge in [0.25, 0.3) is 0 Å². The fourth-order valence-electron chi connectivity index (χ4n) is 2.94. The average Bonchev–Trinajstić information content (AvgIpc) is 3.23. The van der Waals surface area contributed by atoms with E-state index in [9.17, 15) is 9.59 Å². The molecule has 2 amide bonds. The second kappa shape index (κ2) is 8.99. The van der Waals surface area contributed by atoms with Gasteiger partial charge >= 0.3 is 0 Å². The zero-order chi connectivity index (χ0) is 19.9. The Balaban J connectivity index is 1.58. The summed E-state index contributed by atoms with van der Waals surface area (Å²) in [6.07, 6.45) is 3.77. The number of nitrogens with one attached hydrogen (secondary N) is 2. The van der Waals surface area contributed by atoms with Crippen molar-refractivity contribution in [3.63, 3.8) is 0 Å². The Morgan fingerprint density at radius 1 is 0.964 bits per heavy atom. The predicted molar refractivity (Wildman–Crippen MR) is 110 cm³/mol. The SMILES string of the molecule is CC(CC(=O)Nc1cccc(NC(=O)C(C)n2cccn2)c1)c1ccccc1. The molecule has 6 nitrogen and oxygen atoms in total. The largest absolute Gasteiger partial charge is 0.326 e. The molecular formula is C22H24N4O2. The van der Waals surface area contributed by atoms with E-state index in [1.165, 1.54) is 0 Å². The zero-order valence-electron chi connectivity index (χ0n) is 16.0. The minimum Gasteiger partial charge on any atom is -0.326 e. The lowest BCUT2D eigenvalue weighted by molar-refractivity contribution is -0.119. The molecule has 1 aromatic heterocycles. The summed E-state index contributed by atoms with van der Waals surface area (Å²) in [5, 5.41) is 9.85. The van der Waals surface area contributed by atoms with Gasteiger partial charge in [-0.3, -0.25) is 14.3 Å². The van der Waals surface area contributed by atoms with Crippen LogP contribution in [0.15, 0.2) is 73.1 Å². The number of hydrogen-bond donors (Lipinski definition) is 2. The number of rotatable bonds is 7. The molecule has 28 heavy (non-hydrogen) atoms. The Hall–Kier alpha value is -3.41. The number of hydrogen-bond acceptors (Lipinski definition) is 3. The second-order valence-electron chi connectivity index (χ2n) is 6.80. The van der Waals surface area contributed by atoms with Gasteiger partial charge in [0, 0.05) is 30.2 Å². The van der Waals surface area contributed by atoms with Gasteiger partial charge in [-0.1, -0.05) is 43.3 Å². The van der Waals surface area contributed by atoms with E-state index < -0.39 is 6.04 Å². The van der Waals surface area contributed by atoms with E-state index >= 15 is 0 Å². The molecule has 0 radical (unpaired) electrons. The Bertz CT molecular complexity index is 923. The van der Waals surface area contributed by atoms with Crippen molar-refractivity contribution < 1.29 is 9.59 Å². The molecule has 0 spiro atoms. The molecule has 2 aromatic carbocycles. The van der Waals surface area contributed by atoms with Gasteiger partial charge in [-0.15, -0.1) is 0 Å². The van der Waals surface area contributed by atoms with Crippen LogP contribution in [0, 0.1) is 0 Å². The number of anilines is 2. The Kier molecular flexibility index (Phi) is 6.22. The predicted octanol–water partition coefficient (Wildman–Crippen LogP) is 4.22. The van der Waals surface area contributed by atoms with E-state index in [1.807, 2.05) is 37.3 Å². The summed E-state index contributed by atoms with van der Waals surface area (Å²) >= 11 is 0. The van der Waals surface area contributed by atoms with Crippen LogP contribution in [0.25, 0.3) is 0 Å². The third kappa shape index (κ3) is 5.07. The number of benzene rings is 2. The highest BCUT2D eigenvalue weighted by Crippen LogP contribution is 2.21. The van der Waals surface area contributed by atoms with Gasteiger partial charge < -0.3 is 10.6 Å². The summed E-state index contributed by atoms with van der Waals surface area (Å²) in [6, 6.07) is 18.4. The highest BCUT2D eigenvalue weighted by molar-refractivity contribution is 5.95. The van der Waals surface area contributed by atoms with Crippen molar-refractivity contribution in [3.8, 4) is 0 Å². The summed E-state index contributed by atoms with van der Waals surface area (Å²) < 4.78 is 1.59. The van der Waals surface area contributed by atoms with E-state index in [0.717, 1.165) is 5.56 Å². The summed E-state index contributed by atoms with van der Waals surface area (Å²) in [4.78, 5) is 24.8. The lowest BCUT2D eigenvalue weighted by Crippen LogP contribution is -2.24. The summed E-state index contributed by atoms with van der Waals surface area (Å²) in [7, 11) is 0. The van der Waals surface area contributed by atoms with E-state index in [2.05, 4.69) is 15.7 Å². The van der Waals surface area contributed by atoms with Gasteiger partial charge in [-0.2, -0.15) is 5.10 Å². The molecule has 3 aromatic rings. The van der Waals surface area contributed by atoms with Crippen LogP contribution in [0.3, 0.4) is 0 Å². The number of amides is 2. The van der Waals surface area contributed by atoms with Crippen molar-refractivity contribution in [1.82, 2.24) is 9.78 Å². The van der Waals surface area contributed by atoms with Gasteiger partial charge in [0.1, 0.15) is 6.04 Å². The van der Waals surface area contributed by atoms with Crippen molar-refractivity contribution in [1.29, 1.82) is 0 Å². The molecular weight excluding hydrogens is 352 g/mol. The number of carbonyl (C=O) groups is 2. The lowest BCUT2D eigenvalue weighted by atomic mass is 9.97. The first-order valence-electron chi connectivity index (χ1n) is 9.28. The lowest BCUT2D eigenvalue weighted by Gasteiger charge is -2.14. The van der Waals surface area contributed by atoms with E-state index in [1.54, 1.807) is 54.3 Å². The highest BCUT2D eigenvalue weighted by Gasteiger charge is 2.15. The van der Waals surface area contributed by atoms with E-state index in [0.29, 0.717) is 17.8 Å². The number of aromatic nitrogens is 2. The zero-order valence-corrected chi connectivity index (χ0v) is 16.0. The minimum atomic E-state index is -0.431. The molecule has 2 atom stereocenters. The Labute approximate surface area is 164 Å². The van der Waals surface area contributed by atoms with Crippen molar-refractivity contribution in [3.05, 3.63) is 78.6 Å². The molecule has 0 aliphatic carbocycles. The monoisotopic (exact) mass is 376 g/mol. The maximum Gasteiger partial charge on any atom is 0.248 e. The normalized spacial score (nSPS) is 12.8. The van der Waals surface area contributed by atoms with Crippen LogP contribution >= 0.6 is 0 Å². The number of carbonyl (C=O) groups excluding carboxylic acids is 2. The summed E-state index contributed by atoms with van der Waals surface area (Å²) in [5.74, 6) is -0.117. The van der Waals surface area contributed by atoms with E-state index in [4.69, 9.17) is 0 Å². The molecule has 0 saturated carbocycles. The first-order valence-corrected chi connectivity index (χ1v) is 9.28. The van der Waals surface area contributed by atoms with Crippen LogP contribution in [-0.2, 0) is 9.59 Å². The smallest absolute Gasteiger partial charge is 0.248 e. The molecule has 0 fully saturated rings. The third-order valence-corrected chi connectivity index (χ3v) is 4.58. The van der Waals surface area contributed by atoms with Gasteiger partial charge in [-0.05, 0) is 42.7 Å². The van der Waals surface area contributed by atoms with Crippen LogP contribution in [0.4, 0.5) is 11.4 Å². The third-order valence-electron chi connectivity index (χ3n) is 4.58. The quantitative estimate of drug-likeness (QED) is 0.648. The standard InChI is InChI=1S/C22H24N4O2/c1-16(18-8-4-3-5-9-18)14-21(27)24-19-10-6-11-20(15-19)25-22(28)17(2)26-13-7-12-23-26/h3-13,15-17H,14H2,1-2H3,(H,24,27)(H,25,28). The van der Waals surface area contributed by atoms with Crippen molar-refractivity contribution in [2.45, 2.75) is 32.2 Å². The fourth-order valence-corrected chi connectivity index (χ4v) is 2.94.